The summed E-state index contributed by atoms with van der Waals surface area (Å²) >= 11 is 7.08. The first-order chi connectivity index (χ1) is 9.61. The third-order valence-electron chi connectivity index (χ3n) is 2.66. The fourth-order valence-electron chi connectivity index (χ4n) is 1.76. The number of nitriles is 1. The highest BCUT2D eigenvalue weighted by Crippen LogP contribution is 2.27. The predicted molar refractivity (Wildman–Crippen MR) is 73.4 cm³/mol. The number of hydrogen-bond acceptors (Lipinski definition) is 6. The van der Waals surface area contributed by atoms with Crippen LogP contribution in [-0.4, -0.2) is 18.3 Å². The van der Waals surface area contributed by atoms with Crippen LogP contribution in [0.2, 0.25) is 5.02 Å². The molecule has 0 amide bonds. The van der Waals surface area contributed by atoms with Gasteiger partial charge in [-0.25, -0.2) is 4.79 Å². The number of rotatable bonds is 1. The zero-order valence-corrected chi connectivity index (χ0v) is 11.2. The Labute approximate surface area is 120 Å². The van der Waals surface area contributed by atoms with Crippen molar-refractivity contribution in [3.05, 3.63) is 49.8 Å². The largest absolute Gasteiger partial charge is 0.333 e. The zero-order valence-electron chi connectivity index (χ0n) is 9.62. The Kier molecular flexibility index (Phi) is 2.85. The molecule has 3 rings (SSSR count). The lowest BCUT2D eigenvalue weighted by Crippen LogP contribution is -2.30. The second kappa shape index (κ2) is 4.56. The Bertz CT molecular complexity index is 981. The van der Waals surface area contributed by atoms with Crippen molar-refractivity contribution in [2.75, 3.05) is 0 Å². The van der Waals surface area contributed by atoms with Gasteiger partial charge in [-0.05, 0) is 12.1 Å². The van der Waals surface area contributed by atoms with Crippen molar-refractivity contribution in [3.8, 4) is 11.8 Å². The van der Waals surface area contributed by atoms with E-state index in [1.165, 1.54) is 0 Å². The SMILES string of the molecule is N#Cc1cn(-c2c(Cl)ccc3nsnc23)c(=O)[nH]c1=O. The third-order valence-corrected chi connectivity index (χ3v) is 3.50. The van der Waals surface area contributed by atoms with Crippen LogP contribution in [0.25, 0.3) is 16.7 Å². The monoisotopic (exact) mass is 305 g/mol. The van der Waals surface area contributed by atoms with Gasteiger partial charge in [0.15, 0.2) is 0 Å². The number of aromatic nitrogens is 4. The number of benzene rings is 1. The number of halogens is 1. The van der Waals surface area contributed by atoms with E-state index in [0.29, 0.717) is 11.0 Å². The van der Waals surface area contributed by atoms with Crippen molar-refractivity contribution in [1.29, 1.82) is 5.26 Å². The molecule has 0 bridgehead atoms. The number of hydrogen-bond donors (Lipinski definition) is 1. The molecular formula is C11H4ClN5O2S. The first-order valence-corrected chi connectivity index (χ1v) is 6.40. The Hall–Kier alpha value is -2.50. The number of H-pyrrole nitrogens is 1. The highest BCUT2D eigenvalue weighted by molar-refractivity contribution is 7.00. The van der Waals surface area contributed by atoms with Gasteiger partial charge in [0.2, 0.25) is 0 Å². The minimum atomic E-state index is -0.742. The highest BCUT2D eigenvalue weighted by atomic mass is 35.5. The van der Waals surface area contributed by atoms with Crippen LogP contribution in [0.1, 0.15) is 5.56 Å². The minimum Gasteiger partial charge on any atom is -0.273 e. The Morgan fingerprint density at radius 2 is 2.15 bits per heavy atom. The van der Waals surface area contributed by atoms with Gasteiger partial charge in [0.05, 0.1) is 22.4 Å². The van der Waals surface area contributed by atoms with Crippen LogP contribution < -0.4 is 11.2 Å². The summed E-state index contributed by atoms with van der Waals surface area (Å²) in [6, 6.07) is 4.96. The summed E-state index contributed by atoms with van der Waals surface area (Å²) in [5, 5.41) is 9.15. The summed E-state index contributed by atoms with van der Waals surface area (Å²) in [4.78, 5) is 25.4. The van der Waals surface area contributed by atoms with E-state index in [1.54, 1.807) is 18.2 Å². The maximum absolute atomic E-state index is 11.9. The summed E-state index contributed by atoms with van der Waals surface area (Å²) in [6.07, 6.45) is 1.14. The Balaban J connectivity index is 2.46. The molecule has 98 valence electrons. The molecule has 0 aliphatic carbocycles. The minimum absolute atomic E-state index is 0.194. The molecule has 1 N–H and O–H groups in total. The van der Waals surface area contributed by atoms with Gasteiger partial charge in [0.1, 0.15) is 22.7 Å². The fraction of sp³-hybridized carbons (Fsp3) is 0. The van der Waals surface area contributed by atoms with Crippen molar-refractivity contribution in [1.82, 2.24) is 18.3 Å². The van der Waals surface area contributed by atoms with Crippen molar-refractivity contribution in [2.24, 2.45) is 0 Å². The van der Waals surface area contributed by atoms with E-state index in [0.717, 1.165) is 22.5 Å². The second-order valence-corrected chi connectivity index (χ2v) is 4.75. The molecule has 0 aliphatic heterocycles. The van der Waals surface area contributed by atoms with Crippen molar-refractivity contribution in [2.45, 2.75) is 0 Å². The Morgan fingerprint density at radius 3 is 2.90 bits per heavy atom. The molecule has 0 atom stereocenters. The van der Waals surface area contributed by atoms with E-state index < -0.39 is 11.2 Å². The molecule has 20 heavy (non-hydrogen) atoms. The molecular weight excluding hydrogens is 302 g/mol. The topological polar surface area (TPSA) is 104 Å². The summed E-state index contributed by atoms with van der Waals surface area (Å²) in [5.74, 6) is 0. The van der Waals surface area contributed by atoms with Crippen LogP contribution in [0.5, 0.6) is 0 Å². The van der Waals surface area contributed by atoms with E-state index >= 15 is 0 Å². The number of fused-ring (bicyclic) bond motifs is 1. The van der Waals surface area contributed by atoms with E-state index in [1.807, 2.05) is 0 Å². The number of aromatic amines is 1. The molecule has 3 aromatic rings. The Morgan fingerprint density at radius 1 is 1.35 bits per heavy atom. The molecule has 0 spiro atoms. The first kappa shape index (κ1) is 12.5. The van der Waals surface area contributed by atoms with Crippen molar-refractivity contribution < 1.29 is 0 Å². The molecule has 0 fully saturated rings. The molecule has 2 heterocycles. The van der Waals surface area contributed by atoms with Crippen LogP contribution in [0.15, 0.2) is 27.9 Å². The van der Waals surface area contributed by atoms with Crippen molar-refractivity contribution >= 4 is 34.4 Å². The van der Waals surface area contributed by atoms with Crippen LogP contribution in [0, 0.1) is 11.3 Å². The average Bonchev–Trinajstić information content (AvgIpc) is 2.88. The van der Waals surface area contributed by atoms with Gasteiger partial charge in [-0.3, -0.25) is 14.3 Å². The van der Waals surface area contributed by atoms with E-state index in [9.17, 15) is 9.59 Å². The van der Waals surface area contributed by atoms with Crippen LogP contribution in [0.4, 0.5) is 0 Å². The zero-order chi connectivity index (χ0) is 14.3. The molecule has 9 heteroatoms. The maximum Gasteiger partial charge on any atom is 0.333 e. The third kappa shape index (κ3) is 1.80. The number of nitrogens with zero attached hydrogens (tertiary/aromatic N) is 4. The molecule has 2 aromatic heterocycles. The lowest BCUT2D eigenvalue weighted by Gasteiger charge is -2.07. The maximum atomic E-state index is 11.9. The van der Waals surface area contributed by atoms with E-state index in [2.05, 4.69) is 13.7 Å². The first-order valence-electron chi connectivity index (χ1n) is 5.29. The molecule has 0 unspecified atom stereocenters. The predicted octanol–water partition coefficient (Wildman–Crippen LogP) is 1.06. The van der Waals surface area contributed by atoms with Gasteiger partial charge in [0.25, 0.3) is 5.56 Å². The molecule has 0 radical (unpaired) electrons. The normalized spacial score (nSPS) is 10.6. The van der Waals surface area contributed by atoms with Gasteiger partial charge in [-0.1, -0.05) is 11.6 Å². The lowest BCUT2D eigenvalue weighted by molar-refractivity contribution is 0.894. The second-order valence-electron chi connectivity index (χ2n) is 3.81. The summed E-state index contributed by atoms with van der Waals surface area (Å²) in [6.45, 7) is 0. The lowest BCUT2D eigenvalue weighted by atomic mass is 10.2. The van der Waals surface area contributed by atoms with E-state index in [4.69, 9.17) is 16.9 Å². The smallest absolute Gasteiger partial charge is 0.273 e. The van der Waals surface area contributed by atoms with Crippen LogP contribution >= 0.6 is 23.3 Å². The standard InChI is InChI=1S/C11H4ClN5O2S/c12-6-1-2-7-8(16-20-15-7)9(6)17-4-5(3-13)10(18)14-11(17)19/h1-2,4H,(H,14,18,19). The average molecular weight is 306 g/mol. The molecule has 0 saturated carbocycles. The summed E-state index contributed by atoms with van der Waals surface area (Å²) in [7, 11) is 0. The van der Waals surface area contributed by atoms with Gasteiger partial charge in [-0.2, -0.15) is 14.0 Å². The molecule has 7 nitrogen and oxygen atoms in total. The van der Waals surface area contributed by atoms with Crippen LogP contribution in [0.3, 0.4) is 0 Å². The highest BCUT2D eigenvalue weighted by Gasteiger charge is 2.15. The van der Waals surface area contributed by atoms with Gasteiger partial charge in [-0.15, -0.1) is 0 Å². The van der Waals surface area contributed by atoms with Gasteiger partial charge in [0, 0.05) is 6.20 Å². The fourth-order valence-corrected chi connectivity index (χ4v) is 2.54. The van der Waals surface area contributed by atoms with Gasteiger partial charge < -0.3 is 0 Å². The summed E-state index contributed by atoms with van der Waals surface area (Å²) < 4.78 is 9.23. The number of nitrogens with one attached hydrogen (secondary N) is 1. The van der Waals surface area contributed by atoms with E-state index in [-0.39, 0.29) is 16.3 Å². The molecule has 1 aromatic carbocycles. The summed E-state index contributed by atoms with van der Waals surface area (Å²) in [5.41, 5.74) is -0.340. The molecule has 0 saturated heterocycles. The quantitative estimate of drug-likeness (QED) is 0.723. The van der Waals surface area contributed by atoms with Gasteiger partial charge >= 0.3 is 5.69 Å². The van der Waals surface area contributed by atoms with Crippen LogP contribution in [-0.2, 0) is 0 Å². The van der Waals surface area contributed by atoms with Crippen molar-refractivity contribution in [3.63, 3.8) is 0 Å². The molecule has 0 aliphatic rings.